The zero-order valence-electron chi connectivity index (χ0n) is 11.3. The van der Waals surface area contributed by atoms with Crippen molar-refractivity contribution in [3.05, 3.63) is 58.7 Å². The molecule has 0 saturated heterocycles. The van der Waals surface area contributed by atoms with Gasteiger partial charge in [-0.15, -0.1) is 0 Å². The summed E-state index contributed by atoms with van der Waals surface area (Å²) in [4.78, 5) is 15.9. The van der Waals surface area contributed by atoms with Crippen LogP contribution in [0.2, 0.25) is 5.02 Å². The van der Waals surface area contributed by atoms with Gasteiger partial charge in [0.05, 0.1) is 7.11 Å². The predicted molar refractivity (Wildman–Crippen MR) is 79.1 cm³/mol. The molecule has 1 heterocycles. The molecule has 1 aromatic heterocycles. The van der Waals surface area contributed by atoms with Crippen LogP contribution in [-0.4, -0.2) is 18.1 Å². The summed E-state index contributed by atoms with van der Waals surface area (Å²) in [5.74, 6) is 0.0886. The highest BCUT2D eigenvalue weighted by Crippen LogP contribution is 2.22. The summed E-state index contributed by atoms with van der Waals surface area (Å²) in [6.07, 6.45) is 1.63. The van der Waals surface area contributed by atoms with E-state index in [-0.39, 0.29) is 6.04 Å². The molecule has 0 bridgehead atoms. The Balaban J connectivity index is 2.21. The highest BCUT2D eigenvalue weighted by atomic mass is 35.5. The molecular formula is C15H15ClN2O2. The van der Waals surface area contributed by atoms with Crippen molar-refractivity contribution in [2.45, 2.75) is 13.0 Å². The van der Waals surface area contributed by atoms with Gasteiger partial charge >= 0.3 is 5.97 Å². The van der Waals surface area contributed by atoms with Gasteiger partial charge in [-0.25, -0.2) is 9.78 Å². The third kappa shape index (κ3) is 3.27. The van der Waals surface area contributed by atoms with Crippen LogP contribution >= 0.6 is 11.6 Å². The highest BCUT2D eigenvalue weighted by Gasteiger charge is 2.14. The Bertz CT molecular complexity index is 599. The minimum Gasteiger partial charge on any atom is -0.465 e. The van der Waals surface area contributed by atoms with Crippen molar-refractivity contribution < 1.29 is 9.53 Å². The monoisotopic (exact) mass is 290 g/mol. The van der Waals surface area contributed by atoms with Crippen molar-refractivity contribution in [1.29, 1.82) is 0 Å². The Morgan fingerprint density at radius 2 is 2.00 bits per heavy atom. The fourth-order valence-electron chi connectivity index (χ4n) is 1.83. The number of halogens is 1. The maximum atomic E-state index is 11.7. The van der Waals surface area contributed by atoms with Crippen LogP contribution in [0.1, 0.15) is 28.9 Å². The van der Waals surface area contributed by atoms with Gasteiger partial charge in [0.25, 0.3) is 0 Å². The summed E-state index contributed by atoms with van der Waals surface area (Å²) in [7, 11) is 1.35. The molecule has 2 rings (SSSR count). The van der Waals surface area contributed by atoms with Gasteiger partial charge < -0.3 is 10.1 Å². The van der Waals surface area contributed by atoms with E-state index in [2.05, 4.69) is 10.3 Å². The molecule has 1 atom stereocenters. The third-order valence-corrected chi connectivity index (χ3v) is 3.19. The van der Waals surface area contributed by atoms with Crippen molar-refractivity contribution in [3.63, 3.8) is 0 Å². The number of benzene rings is 1. The maximum Gasteiger partial charge on any atom is 0.341 e. The Kier molecular flexibility index (Phi) is 4.58. The van der Waals surface area contributed by atoms with Crippen molar-refractivity contribution >= 4 is 23.4 Å². The van der Waals surface area contributed by atoms with E-state index in [0.717, 1.165) is 5.56 Å². The first-order chi connectivity index (χ1) is 9.61. The van der Waals surface area contributed by atoms with Crippen LogP contribution in [0.5, 0.6) is 0 Å². The normalized spacial score (nSPS) is 11.8. The second-order valence-corrected chi connectivity index (χ2v) is 4.75. The molecule has 0 fully saturated rings. The first-order valence-electron chi connectivity index (χ1n) is 6.17. The first kappa shape index (κ1) is 14.3. The van der Waals surface area contributed by atoms with E-state index in [4.69, 9.17) is 16.3 Å². The van der Waals surface area contributed by atoms with Gasteiger partial charge in [0, 0.05) is 17.3 Å². The molecule has 5 heteroatoms. The van der Waals surface area contributed by atoms with Gasteiger partial charge in [-0.05, 0) is 36.8 Å². The largest absolute Gasteiger partial charge is 0.465 e. The van der Waals surface area contributed by atoms with Crippen LogP contribution < -0.4 is 5.32 Å². The number of rotatable bonds is 4. The lowest BCUT2D eigenvalue weighted by atomic mass is 10.1. The van der Waals surface area contributed by atoms with E-state index in [1.54, 1.807) is 18.3 Å². The molecule has 0 aliphatic rings. The fourth-order valence-corrected chi connectivity index (χ4v) is 1.96. The summed E-state index contributed by atoms with van der Waals surface area (Å²) >= 11 is 5.87. The van der Waals surface area contributed by atoms with Gasteiger partial charge in [-0.1, -0.05) is 23.7 Å². The Hall–Kier alpha value is -2.07. The number of nitrogens with zero attached hydrogens (tertiary/aromatic N) is 1. The van der Waals surface area contributed by atoms with E-state index >= 15 is 0 Å². The first-order valence-corrected chi connectivity index (χ1v) is 6.55. The van der Waals surface area contributed by atoms with Crippen LogP contribution in [0, 0.1) is 0 Å². The van der Waals surface area contributed by atoms with Crippen molar-refractivity contribution in [2.75, 3.05) is 12.4 Å². The number of ether oxygens (including phenoxy) is 1. The quantitative estimate of drug-likeness (QED) is 0.873. The average Bonchev–Trinajstić information content (AvgIpc) is 2.47. The highest BCUT2D eigenvalue weighted by molar-refractivity contribution is 6.30. The van der Waals surface area contributed by atoms with Crippen LogP contribution in [0.25, 0.3) is 0 Å². The van der Waals surface area contributed by atoms with E-state index < -0.39 is 5.97 Å². The summed E-state index contributed by atoms with van der Waals surface area (Å²) in [6, 6.07) is 10.9. The fraction of sp³-hybridized carbons (Fsp3) is 0.200. The number of anilines is 1. The Morgan fingerprint density at radius 3 is 2.65 bits per heavy atom. The molecule has 0 aliphatic heterocycles. The molecule has 1 aromatic carbocycles. The zero-order chi connectivity index (χ0) is 14.5. The summed E-state index contributed by atoms with van der Waals surface area (Å²) in [5.41, 5.74) is 1.46. The molecule has 4 nitrogen and oxygen atoms in total. The predicted octanol–water partition coefficient (Wildman–Crippen LogP) is 3.69. The number of esters is 1. The van der Waals surface area contributed by atoms with Crippen molar-refractivity contribution in [2.24, 2.45) is 0 Å². The topological polar surface area (TPSA) is 51.2 Å². The molecule has 104 valence electrons. The molecule has 0 aliphatic carbocycles. The molecular weight excluding hydrogens is 276 g/mol. The maximum absolute atomic E-state index is 11.7. The van der Waals surface area contributed by atoms with E-state index in [1.165, 1.54) is 7.11 Å². The number of hydrogen-bond acceptors (Lipinski definition) is 4. The molecule has 20 heavy (non-hydrogen) atoms. The molecule has 2 aromatic rings. The number of methoxy groups -OCH3 is 1. The molecule has 0 radical (unpaired) electrons. The van der Waals surface area contributed by atoms with E-state index in [0.29, 0.717) is 16.4 Å². The number of carbonyl (C=O) groups excluding carboxylic acids is 1. The number of hydrogen-bond donors (Lipinski definition) is 1. The molecule has 0 amide bonds. The lowest BCUT2D eigenvalue weighted by molar-refractivity contribution is 0.0601. The summed E-state index contributed by atoms with van der Waals surface area (Å²) in [5, 5.41) is 3.90. The number of nitrogens with one attached hydrogen (secondary N) is 1. The van der Waals surface area contributed by atoms with Gasteiger partial charge in [0.15, 0.2) is 0 Å². The molecule has 0 saturated carbocycles. The van der Waals surface area contributed by atoms with Crippen molar-refractivity contribution in [3.8, 4) is 0 Å². The van der Waals surface area contributed by atoms with E-state index in [9.17, 15) is 4.79 Å². The van der Waals surface area contributed by atoms with Gasteiger partial charge in [-0.2, -0.15) is 0 Å². The van der Waals surface area contributed by atoms with Crippen LogP contribution in [-0.2, 0) is 4.74 Å². The Morgan fingerprint density at radius 1 is 1.30 bits per heavy atom. The molecule has 1 unspecified atom stereocenters. The van der Waals surface area contributed by atoms with Crippen LogP contribution in [0.4, 0.5) is 5.82 Å². The smallest absolute Gasteiger partial charge is 0.341 e. The minimum absolute atomic E-state index is 0.00873. The molecule has 1 N–H and O–H groups in total. The summed E-state index contributed by atoms with van der Waals surface area (Å²) in [6.45, 7) is 1.99. The number of carbonyl (C=O) groups is 1. The standard InChI is InChI=1S/C15H15ClN2O2/c1-10(11-5-7-12(16)8-6-11)18-14-13(15(19)20-2)4-3-9-17-14/h3-10H,1-2H3,(H,17,18). The van der Waals surface area contributed by atoms with Crippen LogP contribution in [0.15, 0.2) is 42.6 Å². The SMILES string of the molecule is COC(=O)c1cccnc1NC(C)c1ccc(Cl)cc1. The lowest BCUT2D eigenvalue weighted by Gasteiger charge is -2.16. The van der Waals surface area contributed by atoms with E-state index in [1.807, 2.05) is 31.2 Å². The number of aromatic nitrogens is 1. The second kappa shape index (κ2) is 6.39. The summed E-state index contributed by atoms with van der Waals surface area (Å²) < 4.78 is 4.74. The Labute approximate surface area is 122 Å². The number of pyridine rings is 1. The van der Waals surface area contributed by atoms with Gasteiger partial charge in [0.1, 0.15) is 11.4 Å². The van der Waals surface area contributed by atoms with Crippen molar-refractivity contribution in [1.82, 2.24) is 4.98 Å². The zero-order valence-corrected chi connectivity index (χ0v) is 12.0. The lowest BCUT2D eigenvalue weighted by Crippen LogP contribution is -2.13. The van der Waals surface area contributed by atoms with Crippen LogP contribution in [0.3, 0.4) is 0 Å². The average molecular weight is 291 g/mol. The third-order valence-electron chi connectivity index (χ3n) is 2.94. The second-order valence-electron chi connectivity index (χ2n) is 4.31. The molecule has 0 spiro atoms. The van der Waals surface area contributed by atoms with Gasteiger partial charge in [-0.3, -0.25) is 0 Å². The minimum atomic E-state index is -0.413. The van der Waals surface area contributed by atoms with Gasteiger partial charge in [0.2, 0.25) is 0 Å².